The zero-order valence-electron chi connectivity index (χ0n) is 8.71. The van der Waals surface area contributed by atoms with Crippen molar-refractivity contribution in [1.29, 1.82) is 0 Å². The molecular weight excluding hydrogens is 220 g/mol. The lowest BCUT2D eigenvalue weighted by atomic mass is 10.1. The average Bonchev–Trinajstić information content (AvgIpc) is 2.85. The van der Waals surface area contributed by atoms with Crippen molar-refractivity contribution in [3.63, 3.8) is 0 Å². The first-order valence-electron chi connectivity index (χ1n) is 4.88. The molecule has 80 valence electrons. The molecule has 3 rings (SSSR count). The number of hydrogen-bond acceptors (Lipinski definition) is 4. The molecule has 1 aromatic carbocycles. The summed E-state index contributed by atoms with van der Waals surface area (Å²) in [6, 6.07) is 8.07. The predicted molar refractivity (Wildman–Crippen MR) is 66.2 cm³/mol. The van der Waals surface area contributed by atoms with E-state index in [9.17, 15) is 0 Å². The molecule has 4 nitrogen and oxygen atoms in total. The Hall–Kier alpha value is -1.88. The van der Waals surface area contributed by atoms with E-state index in [-0.39, 0.29) is 0 Å². The van der Waals surface area contributed by atoms with Crippen molar-refractivity contribution in [2.45, 2.75) is 0 Å². The summed E-state index contributed by atoms with van der Waals surface area (Å²) in [4.78, 5) is 0. The van der Waals surface area contributed by atoms with Crippen LogP contribution >= 0.6 is 11.5 Å². The van der Waals surface area contributed by atoms with Gasteiger partial charge in [-0.15, -0.1) is 0 Å². The molecule has 0 bridgehead atoms. The topological polar surface area (TPSA) is 56.7 Å². The Bertz CT molecular complexity index is 633. The van der Waals surface area contributed by atoms with Gasteiger partial charge in [0.15, 0.2) is 0 Å². The van der Waals surface area contributed by atoms with Crippen molar-refractivity contribution in [2.24, 2.45) is 7.05 Å². The van der Waals surface area contributed by atoms with Crippen molar-refractivity contribution in [3.05, 3.63) is 30.5 Å². The molecule has 0 unspecified atom stereocenters. The maximum atomic E-state index is 5.76. The zero-order valence-corrected chi connectivity index (χ0v) is 9.53. The Morgan fingerprint density at radius 3 is 2.94 bits per heavy atom. The summed E-state index contributed by atoms with van der Waals surface area (Å²) in [6.07, 6.45) is 1.87. The van der Waals surface area contributed by atoms with Gasteiger partial charge in [0.25, 0.3) is 0 Å². The van der Waals surface area contributed by atoms with Gasteiger partial charge in [0.2, 0.25) is 0 Å². The highest BCUT2D eigenvalue weighted by molar-refractivity contribution is 7.13. The van der Waals surface area contributed by atoms with Crippen LogP contribution in [0.5, 0.6) is 0 Å². The highest BCUT2D eigenvalue weighted by Crippen LogP contribution is 2.26. The van der Waals surface area contributed by atoms with Crippen LogP contribution in [-0.4, -0.2) is 14.2 Å². The van der Waals surface area contributed by atoms with Crippen LogP contribution in [0.15, 0.2) is 30.5 Å². The fraction of sp³-hybridized carbons (Fsp3) is 0.0909. The molecule has 5 heteroatoms. The van der Waals surface area contributed by atoms with E-state index in [4.69, 9.17) is 5.73 Å². The normalized spacial score (nSPS) is 11.1. The number of nitrogens with zero attached hydrogens (tertiary/aromatic N) is 3. The van der Waals surface area contributed by atoms with Gasteiger partial charge in [-0.3, -0.25) is 4.68 Å². The van der Waals surface area contributed by atoms with Gasteiger partial charge in [-0.05, 0) is 23.7 Å². The van der Waals surface area contributed by atoms with Crippen LogP contribution in [0.1, 0.15) is 0 Å². The summed E-state index contributed by atoms with van der Waals surface area (Å²) in [7, 11) is 1.84. The average molecular weight is 230 g/mol. The molecule has 2 N–H and O–H groups in total. The quantitative estimate of drug-likeness (QED) is 0.697. The number of anilines is 1. The first-order chi connectivity index (χ1) is 7.74. The van der Waals surface area contributed by atoms with Gasteiger partial charge in [-0.25, -0.2) is 0 Å². The molecule has 3 aromatic rings. The van der Waals surface area contributed by atoms with E-state index in [1.54, 1.807) is 4.68 Å². The molecule has 0 saturated heterocycles. The standard InChI is InChI=1S/C11H10N4S/c1-15-11(12)5-9(14-15)7-2-3-10-8(4-7)6-13-16-10/h2-6H,12H2,1H3. The number of fused-ring (bicyclic) bond motifs is 1. The molecule has 2 aromatic heterocycles. The number of rotatable bonds is 1. The molecule has 0 spiro atoms. The number of hydrogen-bond donors (Lipinski definition) is 1. The Labute approximate surface area is 96.5 Å². The zero-order chi connectivity index (χ0) is 11.1. The van der Waals surface area contributed by atoms with E-state index in [1.807, 2.05) is 25.4 Å². The van der Waals surface area contributed by atoms with E-state index in [2.05, 4.69) is 21.6 Å². The number of aromatic nitrogens is 3. The lowest BCUT2D eigenvalue weighted by Gasteiger charge is -1.95. The molecule has 0 fully saturated rings. The fourth-order valence-electron chi connectivity index (χ4n) is 1.65. The van der Waals surface area contributed by atoms with Gasteiger partial charge >= 0.3 is 0 Å². The molecular formula is C11H10N4S. The van der Waals surface area contributed by atoms with Crippen molar-refractivity contribution < 1.29 is 0 Å². The van der Waals surface area contributed by atoms with Crippen LogP contribution < -0.4 is 5.73 Å². The van der Waals surface area contributed by atoms with E-state index >= 15 is 0 Å². The van der Waals surface area contributed by atoms with E-state index in [0.29, 0.717) is 5.82 Å². The van der Waals surface area contributed by atoms with Gasteiger partial charge in [-0.2, -0.15) is 9.47 Å². The maximum Gasteiger partial charge on any atom is 0.121 e. The Balaban J connectivity index is 2.17. The van der Waals surface area contributed by atoms with Crippen molar-refractivity contribution >= 4 is 27.4 Å². The van der Waals surface area contributed by atoms with Crippen molar-refractivity contribution in [1.82, 2.24) is 14.2 Å². The summed E-state index contributed by atoms with van der Waals surface area (Å²) in [6.45, 7) is 0. The van der Waals surface area contributed by atoms with Gasteiger partial charge in [0, 0.05) is 30.3 Å². The molecule has 2 heterocycles. The maximum absolute atomic E-state index is 5.76. The predicted octanol–water partition coefficient (Wildman–Crippen LogP) is 2.28. The summed E-state index contributed by atoms with van der Waals surface area (Å²) < 4.78 is 7.01. The highest BCUT2D eigenvalue weighted by Gasteiger charge is 2.06. The Kier molecular flexibility index (Phi) is 1.94. The van der Waals surface area contributed by atoms with Crippen molar-refractivity contribution in [3.8, 4) is 11.3 Å². The third-order valence-corrected chi connectivity index (χ3v) is 3.34. The number of nitrogen functional groups attached to an aromatic ring is 1. The smallest absolute Gasteiger partial charge is 0.121 e. The lowest BCUT2D eigenvalue weighted by molar-refractivity contribution is 0.782. The lowest BCUT2D eigenvalue weighted by Crippen LogP contribution is -1.96. The minimum Gasteiger partial charge on any atom is -0.384 e. The van der Waals surface area contributed by atoms with Crippen LogP contribution in [0.3, 0.4) is 0 Å². The second-order valence-corrected chi connectivity index (χ2v) is 4.49. The van der Waals surface area contributed by atoms with Gasteiger partial charge in [0.05, 0.1) is 10.4 Å². The molecule has 0 atom stereocenters. The summed E-state index contributed by atoms with van der Waals surface area (Å²) >= 11 is 1.50. The summed E-state index contributed by atoms with van der Waals surface area (Å²) in [5.41, 5.74) is 7.73. The van der Waals surface area contributed by atoms with Gasteiger partial charge in [0.1, 0.15) is 5.82 Å². The third kappa shape index (κ3) is 1.37. The first-order valence-corrected chi connectivity index (χ1v) is 5.66. The van der Waals surface area contributed by atoms with Gasteiger partial charge in [-0.1, -0.05) is 6.07 Å². The van der Waals surface area contributed by atoms with Crippen LogP contribution in [-0.2, 0) is 7.05 Å². The minimum absolute atomic E-state index is 0.665. The van der Waals surface area contributed by atoms with Crippen LogP contribution in [0.4, 0.5) is 5.82 Å². The SMILES string of the molecule is Cn1nc(-c2ccc3sncc3c2)cc1N. The molecule has 0 aliphatic rings. The molecule has 0 saturated carbocycles. The molecule has 0 aliphatic heterocycles. The Morgan fingerprint density at radius 2 is 2.19 bits per heavy atom. The van der Waals surface area contributed by atoms with E-state index in [1.165, 1.54) is 16.2 Å². The number of aryl methyl sites for hydroxylation is 1. The third-order valence-electron chi connectivity index (χ3n) is 2.56. The van der Waals surface area contributed by atoms with Gasteiger partial charge < -0.3 is 5.73 Å². The van der Waals surface area contributed by atoms with Crippen LogP contribution in [0, 0.1) is 0 Å². The largest absolute Gasteiger partial charge is 0.384 e. The Morgan fingerprint density at radius 1 is 1.31 bits per heavy atom. The minimum atomic E-state index is 0.665. The highest BCUT2D eigenvalue weighted by atomic mass is 32.1. The van der Waals surface area contributed by atoms with Crippen LogP contribution in [0.25, 0.3) is 21.3 Å². The number of benzene rings is 1. The van der Waals surface area contributed by atoms with Crippen LogP contribution in [0.2, 0.25) is 0 Å². The van der Waals surface area contributed by atoms with E-state index < -0.39 is 0 Å². The second kappa shape index (κ2) is 3.31. The van der Waals surface area contributed by atoms with Crippen molar-refractivity contribution in [2.75, 3.05) is 5.73 Å². The molecule has 16 heavy (non-hydrogen) atoms. The second-order valence-electron chi connectivity index (χ2n) is 3.66. The molecule has 0 aliphatic carbocycles. The molecule has 0 amide bonds. The van der Waals surface area contributed by atoms with E-state index in [0.717, 1.165) is 16.6 Å². The fourth-order valence-corrected chi connectivity index (χ4v) is 2.28. The summed E-state index contributed by atoms with van der Waals surface area (Å²) in [5.74, 6) is 0.665. The molecule has 0 radical (unpaired) electrons. The number of nitrogens with two attached hydrogens (primary N) is 1. The summed E-state index contributed by atoms with van der Waals surface area (Å²) in [5, 5.41) is 5.49. The monoisotopic (exact) mass is 230 g/mol. The first kappa shape index (κ1) is 9.35.